The fourth-order valence-electron chi connectivity index (χ4n) is 2.38. The van der Waals surface area contributed by atoms with Crippen molar-refractivity contribution < 1.29 is 9.13 Å². The molecule has 0 radical (unpaired) electrons. The van der Waals surface area contributed by atoms with Crippen LogP contribution in [-0.2, 0) is 0 Å². The van der Waals surface area contributed by atoms with Crippen LogP contribution in [0.1, 0.15) is 0 Å². The molecule has 0 atom stereocenters. The number of halogens is 1. The van der Waals surface area contributed by atoms with Crippen molar-refractivity contribution in [3.05, 3.63) is 59.7 Å². The number of nitrogens with zero attached hydrogens (tertiary/aromatic N) is 1. The van der Waals surface area contributed by atoms with Crippen molar-refractivity contribution in [2.24, 2.45) is 0 Å². The molecule has 0 aliphatic rings. The molecule has 0 spiro atoms. The summed E-state index contributed by atoms with van der Waals surface area (Å²) in [7, 11) is 0. The number of fused-ring (bicyclic) bond motifs is 3. The van der Waals surface area contributed by atoms with E-state index in [2.05, 4.69) is 4.98 Å². The second-order valence-electron chi connectivity index (χ2n) is 4.91. The fourth-order valence-corrected chi connectivity index (χ4v) is 3.30. The summed E-state index contributed by atoms with van der Waals surface area (Å²) >= 11 is 1.63. The molecule has 2 N–H and O–H groups in total. The maximum absolute atomic E-state index is 13.0. The summed E-state index contributed by atoms with van der Waals surface area (Å²) in [6, 6.07) is 13.5. The number of pyridine rings is 1. The van der Waals surface area contributed by atoms with Crippen molar-refractivity contribution in [3.8, 4) is 11.6 Å². The van der Waals surface area contributed by atoms with E-state index in [1.165, 1.54) is 12.1 Å². The zero-order valence-corrected chi connectivity index (χ0v) is 12.2. The topological polar surface area (TPSA) is 48.1 Å². The molecule has 2 aromatic heterocycles. The Balaban J connectivity index is 1.91. The first-order valence-electron chi connectivity index (χ1n) is 6.70. The predicted molar refractivity (Wildman–Crippen MR) is 88.0 cm³/mol. The van der Waals surface area contributed by atoms with Gasteiger partial charge in [-0.2, -0.15) is 0 Å². The lowest BCUT2D eigenvalue weighted by Crippen LogP contribution is -1.91. The Morgan fingerprint density at radius 1 is 1.00 bits per heavy atom. The lowest BCUT2D eigenvalue weighted by molar-refractivity contribution is 0.469. The number of rotatable bonds is 2. The van der Waals surface area contributed by atoms with Crippen LogP contribution in [0.2, 0.25) is 0 Å². The average Bonchev–Trinajstić information content (AvgIpc) is 2.99. The summed E-state index contributed by atoms with van der Waals surface area (Å²) in [4.78, 5) is 4.56. The van der Waals surface area contributed by atoms with Crippen molar-refractivity contribution in [1.82, 2.24) is 4.98 Å². The Morgan fingerprint density at radius 3 is 2.64 bits per heavy atom. The molecule has 4 aromatic rings. The van der Waals surface area contributed by atoms with Gasteiger partial charge in [0.25, 0.3) is 0 Å². The van der Waals surface area contributed by atoms with E-state index < -0.39 is 0 Å². The predicted octanol–water partition coefficient (Wildman–Crippen LogP) is 4.96. The lowest BCUT2D eigenvalue weighted by atomic mass is 10.1. The molecular formula is C17H11FN2OS. The molecule has 0 unspecified atom stereocenters. The highest BCUT2D eigenvalue weighted by Crippen LogP contribution is 2.37. The third-order valence-electron chi connectivity index (χ3n) is 3.41. The number of nitrogen functional groups attached to an aromatic ring is 1. The molecule has 5 heteroatoms. The van der Waals surface area contributed by atoms with E-state index in [0.29, 0.717) is 17.3 Å². The number of ether oxygens (including phenoxy) is 1. The van der Waals surface area contributed by atoms with E-state index in [-0.39, 0.29) is 5.82 Å². The molecule has 0 aliphatic carbocycles. The Labute approximate surface area is 129 Å². The molecule has 0 amide bonds. The molecule has 2 aromatic carbocycles. The van der Waals surface area contributed by atoms with Crippen LogP contribution in [0.15, 0.2) is 53.9 Å². The molecule has 0 saturated carbocycles. The van der Waals surface area contributed by atoms with Gasteiger partial charge in [0.1, 0.15) is 11.6 Å². The van der Waals surface area contributed by atoms with Gasteiger partial charge in [-0.3, -0.25) is 0 Å². The van der Waals surface area contributed by atoms with Crippen LogP contribution in [0.3, 0.4) is 0 Å². The van der Waals surface area contributed by atoms with Crippen LogP contribution < -0.4 is 10.5 Å². The van der Waals surface area contributed by atoms with Crippen LogP contribution in [0.4, 0.5) is 10.1 Å². The molecule has 4 rings (SSSR count). The molecule has 0 aliphatic heterocycles. The summed E-state index contributed by atoms with van der Waals surface area (Å²) in [6.07, 6.45) is 0. The van der Waals surface area contributed by atoms with E-state index in [0.717, 1.165) is 21.0 Å². The third kappa shape index (κ3) is 2.16. The first kappa shape index (κ1) is 13.0. The number of aromatic nitrogens is 1. The summed E-state index contributed by atoms with van der Waals surface area (Å²) in [5.74, 6) is 0.748. The highest BCUT2D eigenvalue weighted by molar-refractivity contribution is 7.18. The molecule has 22 heavy (non-hydrogen) atoms. The smallest absolute Gasteiger partial charge is 0.228 e. The zero-order valence-electron chi connectivity index (χ0n) is 11.4. The van der Waals surface area contributed by atoms with E-state index in [1.807, 2.05) is 29.6 Å². The molecule has 0 bridgehead atoms. The van der Waals surface area contributed by atoms with Gasteiger partial charge in [-0.15, -0.1) is 11.3 Å². The number of nitrogens with two attached hydrogens (primary N) is 1. The van der Waals surface area contributed by atoms with Crippen LogP contribution in [-0.4, -0.2) is 4.98 Å². The molecular weight excluding hydrogens is 299 g/mol. The number of benzene rings is 2. The summed E-state index contributed by atoms with van der Waals surface area (Å²) in [6.45, 7) is 0. The van der Waals surface area contributed by atoms with Gasteiger partial charge in [-0.05, 0) is 53.9 Å². The number of thiophene rings is 1. The molecule has 2 heterocycles. The molecule has 0 saturated heterocycles. The minimum atomic E-state index is -0.299. The minimum absolute atomic E-state index is 0.299. The van der Waals surface area contributed by atoms with E-state index >= 15 is 0 Å². The first-order chi connectivity index (χ1) is 10.7. The van der Waals surface area contributed by atoms with Gasteiger partial charge < -0.3 is 10.5 Å². The lowest BCUT2D eigenvalue weighted by Gasteiger charge is -2.08. The number of hydrogen-bond donors (Lipinski definition) is 1. The largest absolute Gasteiger partial charge is 0.438 e. The van der Waals surface area contributed by atoms with Gasteiger partial charge in [0.05, 0.1) is 10.9 Å². The summed E-state index contributed by atoms with van der Waals surface area (Å²) in [5, 5.41) is 3.98. The highest BCUT2D eigenvalue weighted by Gasteiger charge is 2.11. The molecule has 3 nitrogen and oxygen atoms in total. The highest BCUT2D eigenvalue weighted by atomic mass is 32.1. The third-order valence-corrected chi connectivity index (χ3v) is 4.36. The van der Waals surface area contributed by atoms with Crippen LogP contribution in [0.25, 0.3) is 21.0 Å². The van der Waals surface area contributed by atoms with Crippen molar-refractivity contribution in [2.75, 3.05) is 5.73 Å². The number of anilines is 1. The second kappa shape index (κ2) is 4.96. The zero-order chi connectivity index (χ0) is 15.1. The van der Waals surface area contributed by atoms with E-state index in [1.54, 1.807) is 23.5 Å². The second-order valence-corrected chi connectivity index (χ2v) is 5.83. The number of hydrogen-bond acceptors (Lipinski definition) is 4. The maximum Gasteiger partial charge on any atom is 0.228 e. The molecule has 0 fully saturated rings. The van der Waals surface area contributed by atoms with E-state index in [4.69, 9.17) is 10.5 Å². The van der Waals surface area contributed by atoms with Gasteiger partial charge >= 0.3 is 0 Å². The molecule has 108 valence electrons. The van der Waals surface area contributed by atoms with Gasteiger partial charge in [0, 0.05) is 15.8 Å². The minimum Gasteiger partial charge on any atom is -0.438 e. The Morgan fingerprint density at radius 2 is 1.82 bits per heavy atom. The Bertz CT molecular complexity index is 979. The van der Waals surface area contributed by atoms with Gasteiger partial charge in [-0.25, -0.2) is 9.37 Å². The Hall–Kier alpha value is -2.66. The van der Waals surface area contributed by atoms with Crippen LogP contribution in [0.5, 0.6) is 11.6 Å². The van der Waals surface area contributed by atoms with Crippen LogP contribution in [0, 0.1) is 5.82 Å². The first-order valence-corrected chi connectivity index (χ1v) is 7.58. The monoisotopic (exact) mass is 310 g/mol. The maximum atomic E-state index is 13.0. The van der Waals surface area contributed by atoms with Crippen molar-refractivity contribution >= 4 is 38.0 Å². The van der Waals surface area contributed by atoms with Crippen molar-refractivity contribution in [3.63, 3.8) is 0 Å². The van der Waals surface area contributed by atoms with Gasteiger partial charge in [-0.1, -0.05) is 0 Å². The van der Waals surface area contributed by atoms with Gasteiger partial charge in [0.2, 0.25) is 5.88 Å². The quantitative estimate of drug-likeness (QED) is 0.532. The fraction of sp³-hybridized carbons (Fsp3) is 0. The van der Waals surface area contributed by atoms with Crippen molar-refractivity contribution in [2.45, 2.75) is 0 Å². The van der Waals surface area contributed by atoms with Crippen molar-refractivity contribution in [1.29, 1.82) is 0 Å². The van der Waals surface area contributed by atoms with E-state index in [9.17, 15) is 4.39 Å². The summed E-state index contributed by atoms with van der Waals surface area (Å²) in [5.41, 5.74) is 7.28. The van der Waals surface area contributed by atoms with Gasteiger partial charge in [0.15, 0.2) is 0 Å². The summed E-state index contributed by atoms with van der Waals surface area (Å²) < 4.78 is 19.9. The Kier molecular flexibility index (Phi) is 2.94. The average molecular weight is 310 g/mol. The SMILES string of the molecule is Nc1ccc2c(c1)nc(Oc1ccc(F)cc1)c1ccsc12. The normalized spacial score (nSPS) is 11.1. The van der Waals surface area contributed by atoms with Crippen LogP contribution >= 0.6 is 11.3 Å². The standard InChI is InChI=1S/C17H11FN2OS/c18-10-1-4-12(5-2-10)21-17-14-7-8-22-16(14)13-6-3-11(19)9-15(13)20-17/h1-9H,19H2.